The second kappa shape index (κ2) is 3.98. The van der Waals surface area contributed by atoms with Gasteiger partial charge in [-0.15, -0.1) is 0 Å². The maximum atomic E-state index is 5.12. The fourth-order valence-electron chi connectivity index (χ4n) is 4.04. The molecule has 1 aliphatic heterocycles. The minimum atomic E-state index is 0.434. The van der Waals surface area contributed by atoms with Crippen molar-refractivity contribution in [2.75, 3.05) is 0 Å². The molecule has 2 unspecified atom stereocenters. The maximum absolute atomic E-state index is 5.12. The molecule has 2 nitrogen and oxygen atoms in total. The van der Waals surface area contributed by atoms with Crippen LogP contribution in [0.5, 0.6) is 0 Å². The highest BCUT2D eigenvalue weighted by atomic mass is 15.2. The number of pyridine rings is 1. The molecular weight excluding hydrogens is 280 g/mol. The van der Waals surface area contributed by atoms with Crippen molar-refractivity contribution in [3.8, 4) is 11.3 Å². The van der Waals surface area contributed by atoms with E-state index in [1.54, 1.807) is 0 Å². The van der Waals surface area contributed by atoms with Gasteiger partial charge in [0.15, 0.2) is 0 Å². The van der Waals surface area contributed by atoms with Crippen molar-refractivity contribution in [1.82, 2.24) is 10.3 Å². The van der Waals surface area contributed by atoms with E-state index in [1.807, 2.05) is 0 Å². The Labute approximate surface area is 133 Å². The van der Waals surface area contributed by atoms with Crippen LogP contribution in [0, 0.1) is 0 Å². The van der Waals surface area contributed by atoms with Gasteiger partial charge in [0.2, 0.25) is 0 Å². The van der Waals surface area contributed by atoms with Crippen LogP contribution in [0.2, 0.25) is 0 Å². The van der Waals surface area contributed by atoms with E-state index in [1.165, 1.54) is 32.8 Å². The number of nitrogens with one attached hydrogen (secondary N) is 1. The minimum absolute atomic E-state index is 0.434. The third-order valence-corrected chi connectivity index (χ3v) is 5.21. The molecular formula is C21H14N2. The van der Waals surface area contributed by atoms with E-state index in [4.69, 9.17) is 4.98 Å². The molecule has 23 heavy (non-hydrogen) atoms. The first-order valence-corrected chi connectivity index (χ1v) is 8.08. The number of hydrogen-bond donors (Lipinski definition) is 1. The lowest BCUT2D eigenvalue weighted by atomic mass is 9.88. The van der Waals surface area contributed by atoms with Crippen molar-refractivity contribution in [3.05, 3.63) is 77.9 Å². The zero-order valence-corrected chi connectivity index (χ0v) is 12.5. The number of nitrogens with zero attached hydrogens (tertiary/aromatic N) is 1. The SMILES string of the molecule is c1ccc2c(c1)-c1nc3c(ccc4ccccc43)cc1C1NC21. The van der Waals surface area contributed by atoms with Crippen LogP contribution in [0.1, 0.15) is 23.2 Å². The summed E-state index contributed by atoms with van der Waals surface area (Å²) in [6.07, 6.45) is 0. The summed E-state index contributed by atoms with van der Waals surface area (Å²) in [5.41, 5.74) is 6.27. The first-order chi connectivity index (χ1) is 11.4. The first kappa shape index (κ1) is 11.8. The van der Waals surface area contributed by atoms with Crippen LogP contribution in [0.25, 0.3) is 32.9 Å². The van der Waals surface area contributed by atoms with E-state index in [9.17, 15) is 0 Å². The fourth-order valence-corrected chi connectivity index (χ4v) is 4.04. The molecule has 0 bridgehead atoms. The Morgan fingerprint density at radius 3 is 2.52 bits per heavy atom. The smallest absolute Gasteiger partial charge is 0.0788 e. The maximum Gasteiger partial charge on any atom is 0.0788 e. The second-order valence-corrected chi connectivity index (χ2v) is 6.49. The zero-order valence-electron chi connectivity index (χ0n) is 12.5. The van der Waals surface area contributed by atoms with Gasteiger partial charge in [0, 0.05) is 16.3 Å². The summed E-state index contributed by atoms with van der Waals surface area (Å²) in [6, 6.07) is 24.8. The van der Waals surface area contributed by atoms with E-state index in [0.717, 1.165) is 11.2 Å². The molecule has 1 saturated heterocycles. The highest BCUT2D eigenvalue weighted by Gasteiger charge is 2.45. The normalized spacial score (nSPS) is 20.9. The van der Waals surface area contributed by atoms with Crippen LogP contribution in [-0.2, 0) is 0 Å². The van der Waals surface area contributed by atoms with Gasteiger partial charge in [-0.2, -0.15) is 0 Å². The monoisotopic (exact) mass is 294 g/mol. The summed E-state index contributed by atoms with van der Waals surface area (Å²) in [7, 11) is 0. The largest absolute Gasteiger partial charge is 0.300 e. The molecule has 2 heterocycles. The predicted octanol–water partition coefficient (Wildman–Crippen LogP) is 4.75. The number of hydrogen-bond acceptors (Lipinski definition) is 2. The summed E-state index contributed by atoms with van der Waals surface area (Å²) in [4.78, 5) is 5.12. The second-order valence-electron chi connectivity index (χ2n) is 6.49. The third-order valence-electron chi connectivity index (χ3n) is 5.21. The van der Waals surface area contributed by atoms with E-state index >= 15 is 0 Å². The highest BCUT2D eigenvalue weighted by Crippen LogP contribution is 2.53. The molecule has 2 heteroatoms. The molecule has 2 aliphatic rings. The molecule has 1 aliphatic carbocycles. The summed E-state index contributed by atoms with van der Waals surface area (Å²) < 4.78 is 0. The van der Waals surface area contributed by atoms with Crippen molar-refractivity contribution in [3.63, 3.8) is 0 Å². The van der Waals surface area contributed by atoms with Gasteiger partial charge in [-0.3, -0.25) is 5.32 Å². The number of aromatic nitrogens is 1. The lowest BCUT2D eigenvalue weighted by Crippen LogP contribution is -2.02. The molecule has 1 N–H and O–H groups in total. The lowest BCUT2D eigenvalue weighted by molar-refractivity contribution is 0.993. The summed E-state index contributed by atoms with van der Waals surface area (Å²) >= 11 is 0. The van der Waals surface area contributed by atoms with Gasteiger partial charge in [-0.25, -0.2) is 4.98 Å². The van der Waals surface area contributed by atoms with Crippen LogP contribution in [0.4, 0.5) is 0 Å². The van der Waals surface area contributed by atoms with Crippen LogP contribution in [0.3, 0.4) is 0 Å². The Bertz CT molecular complexity index is 1110. The molecule has 0 amide bonds. The van der Waals surface area contributed by atoms with Crippen molar-refractivity contribution < 1.29 is 0 Å². The van der Waals surface area contributed by atoms with Gasteiger partial charge in [-0.05, 0) is 22.6 Å². The van der Waals surface area contributed by atoms with Gasteiger partial charge in [0.25, 0.3) is 0 Å². The molecule has 1 fully saturated rings. The predicted molar refractivity (Wildman–Crippen MR) is 93.3 cm³/mol. The van der Waals surface area contributed by atoms with Gasteiger partial charge >= 0.3 is 0 Å². The standard InChI is InChI=1S/C21H14N2/c1-2-6-14-12(5-1)9-10-13-11-17-19(22-18(13)14)15-7-3-4-8-16(15)20-21(17)23-20/h1-11,20-21,23H. The van der Waals surface area contributed by atoms with Gasteiger partial charge in [-0.1, -0.05) is 60.7 Å². The number of benzene rings is 3. The third kappa shape index (κ3) is 1.49. The highest BCUT2D eigenvalue weighted by molar-refractivity contribution is 6.06. The van der Waals surface area contributed by atoms with Crippen molar-refractivity contribution >= 4 is 21.7 Å². The average molecular weight is 294 g/mol. The van der Waals surface area contributed by atoms with Gasteiger partial charge in [0.05, 0.1) is 23.3 Å². The zero-order chi connectivity index (χ0) is 15.0. The summed E-state index contributed by atoms with van der Waals surface area (Å²) in [5.74, 6) is 0. The van der Waals surface area contributed by atoms with Crippen molar-refractivity contribution in [2.24, 2.45) is 0 Å². The Kier molecular flexibility index (Phi) is 2.04. The van der Waals surface area contributed by atoms with Crippen LogP contribution >= 0.6 is 0 Å². The van der Waals surface area contributed by atoms with E-state index in [0.29, 0.717) is 12.1 Å². The molecule has 2 atom stereocenters. The van der Waals surface area contributed by atoms with Crippen LogP contribution in [0.15, 0.2) is 66.7 Å². The molecule has 108 valence electrons. The molecule has 4 aromatic rings. The topological polar surface area (TPSA) is 34.8 Å². The molecule has 0 radical (unpaired) electrons. The Morgan fingerprint density at radius 2 is 1.52 bits per heavy atom. The van der Waals surface area contributed by atoms with Gasteiger partial charge < -0.3 is 0 Å². The molecule has 0 spiro atoms. The van der Waals surface area contributed by atoms with Crippen molar-refractivity contribution in [2.45, 2.75) is 12.1 Å². The first-order valence-electron chi connectivity index (χ1n) is 8.08. The Balaban J connectivity index is 1.77. The lowest BCUT2D eigenvalue weighted by Gasteiger charge is -2.18. The summed E-state index contributed by atoms with van der Waals surface area (Å²) in [6.45, 7) is 0. The van der Waals surface area contributed by atoms with Crippen LogP contribution < -0.4 is 5.32 Å². The number of fused-ring (bicyclic) bond motifs is 9. The molecule has 1 aromatic heterocycles. The fraction of sp³-hybridized carbons (Fsp3) is 0.0952. The quantitative estimate of drug-likeness (QED) is 0.375. The minimum Gasteiger partial charge on any atom is -0.300 e. The molecule has 6 rings (SSSR count). The van der Waals surface area contributed by atoms with E-state index in [-0.39, 0.29) is 0 Å². The Morgan fingerprint density at radius 1 is 0.739 bits per heavy atom. The molecule has 3 aromatic carbocycles. The number of rotatable bonds is 0. The molecule has 0 saturated carbocycles. The van der Waals surface area contributed by atoms with Crippen molar-refractivity contribution in [1.29, 1.82) is 0 Å². The van der Waals surface area contributed by atoms with Crippen LogP contribution in [-0.4, -0.2) is 4.98 Å². The van der Waals surface area contributed by atoms with E-state index < -0.39 is 0 Å². The summed E-state index contributed by atoms with van der Waals surface area (Å²) in [5, 5.41) is 7.32. The average Bonchev–Trinajstić information content (AvgIpc) is 3.42. The Hall–Kier alpha value is -2.71. The van der Waals surface area contributed by atoms with E-state index in [2.05, 4.69) is 72.0 Å². The van der Waals surface area contributed by atoms with Gasteiger partial charge in [0.1, 0.15) is 0 Å².